The number of carbonyl (C=O) groups excluding carboxylic acids is 1. The number of piperazine rings is 1. The first-order valence-corrected chi connectivity index (χ1v) is 8.49. The number of anilines is 2. The molecule has 116 valence electrons. The highest BCUT2D eigenvalue weighted by molar-refractivity contribution is 7.08. The lowest BCUT2D eigenvalue weighted by molar-refractivity contribution is -0.115. The van der Waals surface area contributed by atoms with Crippen molar-refractivity contribution in [2.45, 2.75) is 6.42 Å². The van der Waals surface area contributed by atoms with E-state index in [0.29, 0.717) is 6.42 Å². The zero-order valence-electron chi connectivity index (χ0n) is 12.8. The van der Waals surface area contributed by atoms with Gasteiger partial charge in [0.05, 0.1) is 6.42 Å². The van der Waals surface area contributed by atoms with E-state index in [1.807, 2.05) is 29.0 Å². The smallest absolute Gasteiger partial charge is 0.228 e. The van der Waals surface area contributed by atoms with Crippen LogP contribution in [0.25, 0.3) is 0 Å². The molecule has 1 aromatic heterocycles. The quantitative estimate of drug-likeness (QED) is 0.942. The molecule has 4 nitrogen and oxygen atoms in total. The van der Waals surface area contributed by atoms with Gasteiger partial charge in [-0.05, 0) is 53.7 Å². The number of carbonyl (C=O) groups is 1. The topological polar surface area (TPSA) is 35.6 Å². The summed E-state index contributed by atoms with van der Waals surface area (Å²) in [4.78, 5) is 16.7. The molecule has 0 radical (unpaired) electrons. The van der Waals surface area contributed by atoms with Crippen molar-refractivity contribution < 1.29 is 4.79 Å². The van der Waals surface area contributed by atoms with Crippen molar-refractivity contribution in [1.82, 2.24) is 4.90 Å². The summed E-state index contributed by atoms with van der Waals surface area (Å²) in [6.45, 7) is 4.30. The average molecular weight is 315 g/mol. The maximum atomic E-state index is 12.0. The first-order valence-electron chi connectivity index (χ1n) is 7.55. The SMILES string of the molecule is CN1CCN(c2ccc(NC(=O)Cc3ccsc3)cc2)CC1. The van der Waals surface area contributed by atoms with Gasteiger partial charge in [-0.25, -0.2) is 0 Å². The second-order valence-electron chi connectivity index (χ2n) is 5.69. The monoisotopic (exact) mass is 315 g/mol. The maximum Gasteiger partial charge on any atom is 0.228 e. The van der Waals surface area contributed by atoms with Gasteiger partial charge in [-0.2, -0.15) is 11.3 Å². The van der Waals surface area contributed by atoms with Crippen molar-refractivity contribution in [2.24, 2.45) is 0 Å². The van der Waals surface area contributed by atoms with Crippen LogP contribution in [-0.2, 0) is 11.2 Å². The van der Waals surface area contributed by atoms with Crippen LogP contribution in [0.3, 0.4) is 0 Å². The molecule has 0 spiro atoms. The predicted octanol–water partition coefficient (Wildman–Crippen LogP) is 2.68. The molecular formula is C17H21N3OS. The minimum Gasteiger partial charge on any atom is -0.369 e. The van der Waals surface area contributed by atoms with Gasteiger partial charge < -0.3 is 15.1 Å². The van der Waals surface area contributed by atoms with Gasteiger partial charge in [0.2, 0.25) is 5.91 Å². The summed E-state index contributed by atoms with van der Waals surface area (Å²) in [6.07, 6.45) is 0.434. The largest absolute Gasteiger partial charge is 0.369 e. The van der Waals surface area contributed by atoms with Crippen molar-refractivity contribution in [3.63, 3.8) is 0 Å². The number of hydrogen-bond donors (Lipinski definition) is 1. The van der Waals surface area contributed by atoms with Gasteiger partial charge in [0.15, 0.2) is 0 Å². The lowest BCUT2D eigenvalue weighted by Crippen LogP contribution is -2.44. The van der Waals surface area contributed by atoms with Crippen molar-refractivity contribution in [3.8, 4) is 0 Å². The molecule has 1 fully saturated rings. The highest BCUT2D eigenvalue weighted by Gasteiger charge is 2.14. The molecule has 22 heavy (non-hydrogen) atoms. The molecule has 5 heteroatoms. The van der Waals surface area contributed by atoms with Gasteiger partial charge in [0, 0.05) is 37.6 Å². The molecular weight excluding hydrogens is 294 g/mol. The molecule has 1 aliphatic heterocycles. The fraction of sp³-hybridized carbons (Fsp3) is 0.353. The van der Waals surface area contributed by atoms with Crippen LogP contribution < -0.4 is 10.2 Å². The lowest BCUT2D eigenvalue weighted by Gasteiger charge is -2.34. The zero-order valence-corrected chi connectivity index (χ0v) is 13.6. The van der Waals surface area contributed by atoms with Crippen LogP contribution in [0.15, 0.2) is 41.1 Å². The Bertz CT molecular complexity index is 601. The molecule has 0 unspecified atom stereocenters. The second kappa shape index (κ2) is 6.94. The van der Waals surface area contributed by atoms with E-state index in [1.165, 1.54) is 5.69 Å². The minimum absolute atomic E-state index is 0.0331. The van der Waals surface area contributed by atoms with Crippen molar-refractivity contribution in [3.05, 3.63) is 46.7 Å². The van der Waals surface area contributed by atoms with E-state index < -0.39 is 0 Å². The van der Waals surface area contributed by atoms with Crippen LogP contribution in [0.5, 0.6) is 0 Å². The molecule has 1 saturated heterocycles. The van der Waals surface area contributed by atoms with Crippen LogP contribution in [0.2, 0.25) is 0 Å². The first kappa shape index (κ1) is 15.1. The van der Waals surface area contributed by atoms with E-state index in [9.17, 15) is 4.79 Å². The number of amides is 1. The third-order valence-electron chi connectivity index (χ3n) is 3.96. The first-order chi connectivity index (χ1) is 10.7. The molecule has 0 saturated carbocycles. The fourth-order valence-corrected chi connectivity index (χ4v) is 3.27. The molecule has 3 rings (SSSR count). The Kier molecular flexibility index (Phi) is 4.75. The van der Waals surface area contributed by atoms with E-state index >= 15 is 0 Å². The Hall–Kier alpha value is -1.85. The highest BCUT2D eigenvalue weighted by atomic mass is 32.1. The van der Waals surface area contributed by atoms with E-state index in [-0.39, 0.29) is 5.91 Å². The summed E-state index contributed by atoms with van der Waals surface area (Å²) in [5.74, 6) is 0.0331. The van der Waals surface area contributed by atoms with Crippen LogP contribution in [0.4, 0.5) is 11.4 Å². The van der Waals surface area contributed by atoms with Gasteiger partial charge in [0.25, 0.3) is 0 Å². The van der Waals surface area contributed by atoms with E-state index in [4.69, 9.17) is 0 Å². The number of thiophene rings is 1. The van der Waals surface area contributed by atoms with E-state index in [2.05, 4.69) is 34.3 Å². The Morgan fingerprint density at radius 1 is 1.14 bits per heavy atom. The fourth-order valence-electron chi connectivity index (χ4n) is 2.60. The van der Waals surface area contributed by atoms with Gasteiger partial charge in [0.1, 0.15) is 0 Å². The molecule has 1 N–H and O–H groups in total. The van der Waals surface area contributed by atoms with Gasteiger partial charge in [-0.15, -0.1) is 0 Å². The minimum atomic E-state index is 0.0331. The number of nitrogens with one attached hydrogen (secondary N) is 1. The van der Waals surface area contributed by atoms with Crippen LogP contribution >= 0.6 is 11.3 Å². The lowest BCUT2D eigenvalue weighted by atomic mass is 10.2. The van der Waals surface area contributed by atoms with Gasteiger partial charge >= 0.3 is 0 Å². The summed E-state index contributed by atoms with van der Waals surface area (Å²) in [7, 11) is 2.16. The third-order valence-corrected chi connectivity index (χ3v) is 4.70. The third kappa shape index (κ3) is 3.87. The molecule has 2 heterocycles. The Morgan fingerprint density at radius 3 is 2.50 bits per heavy atom. The molecule has 1 aromatic carbocycles. The van der Waals surface area contributed by atoms with E-state index in [1.54, 1.807) is 11.3 Å². The number of rotatable bonds is 4. The normalized spacial score (nSPS) is 15.8. The molecule has 0 bridgehead atoms. The summed E-state index contributed by atoms with van der Waals surface area (Å²) < 4.78 is 0. The average Bonchev–Trinajstić information content (AvgIpc) is 3.02. The summed E-state index contributed by atoms with van der Waals surface area (Å²) >= 11 is 1.62. The molecule has 2 aromatic rings. The Morgan fingerprint density at radius 2 is 1.86 bits per heavy atom. The van der Waals surface area contributed by atoms with Gasteiger partial charge in [-0.3, -0.25) is 4.79 Å². The molecule has 0 atom stereocenters. The van der Waals surface area contributed by atoms with Crippen LogP contribution in [-0.4, -0.2) is 44.0 Å². The number of hydrogen-bond acceptors (Lipinski definition) is 4. The van der Waals surface area contributed by atoms with Crippen molar-refractivity contribution in [2.75, 3.05) is 43.4 Å². The van der Waals surface area contributed by atoms with E-state index in [0.717, 1.165) is 37.4 Å². The maximum absolute atomic E-state index is 12.0. The highest BCUT2D eigenvalue weighted by Crippen LogP contribution is 2.19. The molecule has 0 aliphatic carbocycles. The predicted molar refractivity (Wildman–Crippen MR) is 92.8 cm³/mol. The van der Waals surface area contributed by atoms with Crippen LogP contribution in [0.1, 0.15) is 5.56 Å². The van der Waals surface area contributed by atoms with Gasteiger partial charge in [-0.1, -0.05) is 0 Å². The summed E-state index contributed by atoms with van der Waals surface area (Å²) in [6, 6.07) is 10.1. The second-order valence-corrected chi connectivity index (χ2v) is 6.47. The van der Waals surface area contributed by atoms with Crippen molar-refractivity contribution in [1.29, 1.82) is 0 Å². The number of nitrogens with zero attached hydrogens (tertiary/aromatic N) is 2. The summed E-state index contributed by atoms with van der Waals surface area (Å²) in [5, 5.41) is 6.96. The van der Waals surface area contributed by atoms with Crippen LogP contribution in [0, 0.1) is 0 Å². The number of benzene rings is 1. The number of likely N-dealkylation sites (N-methyl/N-ethyl adjacent to an activating group) is 1. The van der Waals surface area contributed by atoms with Crippen molar-refractivity contribution >= 4 is 28.6 Å². The Balaban J connectivity index is 1.56. The molecule has 1 aliphatic rings. The summed E-state index contributed by atoms with van der Waals surface area (Å²) in [5.41, 5.74) is 3.15. The standard InChI is InChI=1S/C17H21N3OS/c1-19-7-9-20(10-8-19)16-4-2-15(3-5-16)18-17(21)12-14-6-11-22-13-14/h2-6,11,13H,7-10,12H2,1H3,(H,18,21). The Labute approximate surface area is 135 Å². The molecule has 1 amide bonds. The zero-order chi connectivity index (χ0) is 15.4.